The smallest absolute Gasteiger partial charge is 0.0587 e. The van der Waals surface area contributed by atoms with Gasteiger partial charge in [0.05, 0.1) is 6.61 Å². The Labute approximate surface area is 107 Å². The van der Waals surface area contributed by atoms with Crippen LogP contribution in [0.3, 0.4) is 0 Å². The Morgan fingerprint density at radius 2 is 1.94 bits per heavy atom. The molecule has 0 spiro atoms. The van der Waals surface area contributed by atoms with Crippen molar-refractivity contribution in [1.82, 2.24) is 5.32 Å². The second-order valence-corrected chi connectivity index (χ2v) is 5.44. The van der Waals surface area contributed by atoms with Gasteiger partial charge in [-0.15, -0.1) is 0 Å². The van der Waals surface area contributed by atoms with Gasteiger partial charge >= 0.3 is 0 Å². The Morgan fingerprint density at radius 1 is 1.24 bits per heavy atom. The van der Waals surface area contributed by atoms with Gasteiger partial charge in [0.25, 0.3) is 0 Å². The van der Waals surface area contributed by atoms with E-state index in [0.717, 1.165) is 38.0 Å². The van der Waals surface area contributed by atoms with Crippen molar-refractivity contribution in [3.8, 4) is 0 Å². The van der Waals surface area contributed by atoms with Crippen molar-refractivity contribution in [3.63, 3.8) is 0 Å². The zero-order chi connectivity index (χ0) is 12.5. The lowest BCUT2D eigenvalue weighted by atomic mass is 9.79. The number of rotatable bonds is 7. The fourth-order valence-corrected chi connectivity index (χ4v) is 2.58. The van der Waals surface area contributed by atoms with Crippen LogP contribution in [0.4, 0.5) is 0 Å². The van der Waals surface area contributed by atoms with Gasteiger partial charge in [0.2, 0.25) is 0 Å². The lowest BCUT2D eigenvalue weighted by Crippen LogP contribution is -2.20. The first-order valence-corrected chi connectivity index (χ1v) is 7.10. The van der Waals surface area contributed by atoms with E-state index in [9.17, 15) is 0 Å². The molecule has 0 atom stereocenters. The number of nitrogens with one attached hydrogen (secondary N) is 1. The predicted molar refractivity (Wildman–Crippen MR) is 74.2 cm³/mol. The highest BCUT2D eigenvalue weighted by molar-refractivity contribution is 5.04. The van der Waals surface area contributed by atoms with Crippen LogP contribution in [0.5, 0.6) is 0 Å². The van der Waals surface area contributed by atoms with Crippen LogP contribution in [0.15, 0.2) is 11.6 Å². The van der Waals surface area contributed by atoms with E-state index in [-0.39, 0.29) is 0 Å². The van der Waals surface area contributed by atoms with E-state index in [2.05, 4.69) is 25.2 Å². The van der Waals surface area contributed by atoms with Crippen molar-refractivity contribution in [2.45, 2.75) is 46.0 Å². The fraction of sp³-hybridized carbons (Fsp3) is 0.867. The molecule has 1 rings (SSSR count). The molecule has 1 aliphatic carbocycles. The number of hydrogen-bond acceptors (Lipinski definition) is 2. The third-order valence-electron chi connectivity index (χ3n) is 3.93. The summed E-state index contributed by atoms with van der Waals surface area (Å²) >= 11 is 0. The molecular formula is C15H29NO. The minimum Gasteiger partial charge on any atom is -0.383 e. The summed E-state index contributed by atoms with van der Waals surface area (Å²) < 4.78 is 5.00. The maximum atomic E-state index is 5.00. The van der Waals surface area contributed by atoms with Crippen LogP contribution in [0, 0.1) is 11.8 Å². The van der Waals surface area contributed by atoms with E-state index in [0.29, 0.717) is 0 Å². The van der Waals surface area contributed by atoms with Crippen LogP contribution in [-0.2, 0) is 4.74 Å². The molecule has 0 radical (unpaired) electrons. The highest BCUT2D eigenvalue weighted by Gasteiger charge is 2.18. The van der Waals surface area contributed by atoms with Crippen LogP contribution in [0.1, 0.15) is 46.0 Å². The predicted octanol–water partition coefficient (Wildman–Crippen LogP) is 3.39. The number of methoxy groups -OCH3 is 1. The largest absolute Gasteiger partial charge is 0.383 e. The molecule has 0 saturated heterocycles. The Morgan fingerprint density at radius 3 is 2.59 bits per heavy atom. The average Bonchev–Trinajstić information content (AvgIpc) is 2.34. The Kier molecular flexibility index (Phi) is 7.54. The van der Waals surface area contributed by atoms with Gasteiger partial charge < -0.3 is 10.1 Å². The number of ether oxygens (including phenoxy) is 1. The molecule has 1 aliphatic rings. The van der Waals surface area contributed by atoms with Crippen LogP contribution in [0.2, 0.25) is 0 Å². The molecule has 0 aromatic rings. The van der Waals surface area contributed by atoms with Gasteiger partial charge in [-0.1, -0.05) is 31.4 Å². The fourth-order valence-electron chi connectivity index (χ4n) is 2.58. The van der Waals surface area contributed by atoms with Gasteiger partial charge in [0.15, 0.2) is 0 Å². The highest BCUT2D eigenvalue weighted by atomic mass is 16.5. The minimum atomic E-state index is 0.809. The average molecular weight is 239 g/mol. The van der Waals surface area contributed by atoms with Gasteiger partial charge in [0, 0.05) is 13.7 Å². The van der Waals surface area contributed by atoms with E-state index in [1.807, 2.05) is 0 Å². The van der Waals surface area contributed by atoms with Crippen LogP contribution >= 0.6 is 0 Å². The maximum absolute atomic E-state index is 5.00. The molecule has 2 heteroatoms. The first-order valence-electron chi connectivity index (χ1n) is 7.10. The molecule has 100 valence electrons. The summed E-state index contributed by atoms with van der Waals surface area (Å²) in [5.74, 6) is 1.82. The molecule has 0 aromatic heterocycles. The normalized spacial score (nSPS) is 26.2. The van der Waals surface area contributed by atoms with Crippen molar-refractivity contribution in [2.24, 2.45) is 11.8 Å². The molecule has 0 bridgehead atoms. The molecule has 1 saturated carbocycles. The Bertz CT molecular complexity index is 217. The van der Waals surface area contributed by atoms with E-state index in [1.54, 1.807) is 12.7 Å². The Balaban J connectivity index is 2.11. The van der Waals surface area contributed by atoms with Gasteiger partial charge in [-0.3, -0.25) is 0 Å². The lowest BCUT2D eigenvalue weighted by Gasteiger charge is -2.26. The van der Waals surface area contributed by atoms with Crippen LogP contribution in [-0.4, -0.2) is 26.8 Å². The molecule has 0 unspecified atom stereocenters. The van der Waals surface area contributed by atoms with Gasteiger partial charge in [-0.05, 0) is 44.6 Å². The van der Waals surface area contributed by atoms with E-state index < -0.39 is 0 Å². The van der Waals surface area contributed by atoms with Crippen molar-refractivity contribution in [3.05, 3.63) is 11.6 Å². The first-order chi connectivity index (χ1) is 8.24. The van der Waals surface area contributed by atoms with E-state index >= 15 is 0 Å². The molecule has 0 aliphatic heterocycles. The first kappa shape index (κ1) is 14.7. The quantitative estimate of drug-likeness (QED) is 0.543. The van der Waals surface area contributed by atoms with E-state index in [1.165, 1.54) is 25.7 Å². The molecule has 1 N–H and O–H groups in total. The van der Waals surface area contributed by atoms with Crippen molar-refractivity contribution in [1.29, 1.82) is 0 Å². The van der Waals surface area contributed by atoms with E-state index in [4.69, 9.17) is 4.74 Å². The molecule has 0 amide bonds. The third-order valence-corrected chi connectivity index (χ3v) is 3.93. The van der Waals surface area contributed by atoms with Crippen LogP contribution in [0.25, 0.3) is 0 Å². The molecule has 17 heavy (non-hydrogen) atoms. The maximum Gasteiger partial charge on any atom is 0.0587 e. The van der Waals surface area contributed by atoms with Gasteiger partial charge in [-0.25, -0.2) is 0 Å². The second-order valence-electron chi connectivity index (χ2n) is 5.44. The zero-order valence-corrected chi connectivity index (χ0v) is 11.8. The molecule has 1 fully saturated rings. The summed E-state index contributed by atoms with van der Waals surface area (Å²) in [4.78, 5) is 0. The Hall–Kier alpha value is -0.340. The van der Waals surface area contributed by atoms with Gasteiger partial charge in [0.1, 0.15) is 0 Å². The number of hydrogen-bond donors (Lipinski definition) is 1. The molecule has 0 heterocycles. The van der Waals surface area contributed by atoms with Crippen LogP contribution < -0.4 is 5.32 Å². The summed E-state index contributed by atoms with van der Waals surface area (Å²) in [7, 11) is 1.75. The monoisotopic (exact) mass is 239 g/mol. The SMILES string of the molecule is COCCNCCC=C(C)C1CCC(C)CC1. The summed E-state index contributed by atoms with van der Waals surface area (Å²) in [5, 5.41) is 3.38. The van der Waals surface area contributed by atoms with Gasteiger partial charge in [-0.2, -0.15) is 0 Å². The molecule has 0 aromatic carbocycles. The summed E-state index contributed by atoms with van der Waals surface area (Å²) in [5.41, 5.74) is 1.62. The summed E-state index contributed by atoms with van der Waals surface area (Å²) in [6.07, 6.45) is 9.23. The number of allylic oxidation sites excluding steroid dienone is 1. The zero-order valence-electron chi connectivity index (χ0n) is 11.8. The molecular weight excluding hydrogens is 210 g/mol. The second kappa shape index (κ2) is 8.71. The third kappa shape index (κ3) is 6.23. The van der Waals surface area contributed by atoms with Crippen molar-refractivity contribution < 1.29 is 4.74 Å². The van der Waals surface area contributed by atoms with Crippen molar-refractivity contribution in [2.75, 3.05) is 26.8 Å². The lowest BCUT2D eigenvalue weighted by molar-refractivity contribution is 0.199. The van der Waals surface area contributed by atoms with Crippen molar-refractivity contribution >= 4 is 0 Å². The topological polar surface area (TPSA) is 21.3 Å². The molecule has 2 nitrogen and oxygen atoms in total. The summed E-state index contributed by atoms with van der Waals surface area (Å²) in [6, 6.07) is 0. The standard InChI is InChI=1S/C15H29NO/c1-13-6-8-15(9-7-13)14(2)5-4-10-16-11-12-17-3/h5,13,15-16H,4,6-12H2,1-3H3. The minimum absolute atomic E-state index is 0.809. The summed E-state index contributed by atoms with van der Waals surface area (Å²) in [6.45, 7) is 7.54. The highest BCUT2D eigenvalue weighted by Crippen LogP contribution is 2.32.